The molecular weight excluding hydrogens is 406 g/mol. The zero-order valence-electron chi connectivity index (χ0n) is 18.4. The number of amides is 1. The van der Waals surface area contributed by atoms with E-state index < -0.39 is 17.7 Å². The Morgan fingerprint density at radius 1 is 1.10 bits per heavy atom. The number of ether oxygens (including phenoxy) is 1. The first-order valence-electron chi connectivity index (χ1n) is 10.9. The first-order chi connectivity index (χ1) is 14.7. The largest absolute Gasteiger partial charge is 0.447 e. The van der Waals surface area contributed by atoms with Gasteiger partial charge in [-0.1, -0.05) is 5.16 Å². The molecule has 0 unspecified atom stereocenters. The summed E-state index contributed by atoms with van der Waals surface area (Å²) in [7, 11) is 0. The highest BCUT2D eigenvalue weighted by atomic mass is 19.1. The van der Waals surface area contributed by atoms with Crippen molar-refractivity contribution in [2.24, 2.45) is 10.9 Å². The van der Waals surface area contributed by atoms with Crippen LogP contribution in [0.1, 0.15) is 58.1 Å². The summed E-state index contributed by atoms with van der Waals surface area (Å²) in [5, 5.41) is 4.30. The smallest absolute Gasteiger partial charge is 0.410 e. The first kappa shape index (κ1) is 23.2. The number of nitrogens with zero attached hydrogens (tertiary/aromatic N) is 3. The van der Waals surface area contributed by atoms with Crippen LogP contribution in [0.5, 0.6) is 0 Å². The summed E-state index contributed by atoms with van der Waals surface area (Å²) in [5.41, 5.74) is 7.03. The Morgan fingerprint density at radius 3 is 2.32 bits per heavy atom. The third-order valence-electron chi connectivity index (χ3n) is 5.61. The van der Waals surface area contributed by atoms with Crippen molar-refractivity contribution in [3.05, 3.63) is 29.3 Å². The number of oxime groups is 1. The third-order valence-corrected chi connectivity index (χ3v) is 5.61. The van der Waals surface area contributed by atoms with Gasteiger partial charge in [0, 0.05) is 69.5 Å². The minimum Gasteiger partial charge on any atom is -0.447 e. The molecule has 7 nitrogen and oxygen atoms in total. The second-order valence-electron chi connectivity index (χ2n) is 8.48. The monoisotopic (exact) mass is 438 g/mol. The number of carbonyl (C=O) groups excluding carboxylic acids is 1. The minimum atomic E-state index is -0.562. The number of likely N-dealkylation sites (tertiary alicyclic amines) is 1. The maximum Gasteiger partial charge on any atom is 0.410 e. The van der Waals surface area contributed by atoms with E-state index in [0.717, 1.165) is 5.71 Å². The number of nitrogens with two attached hydrogens (primary N) is 1. The van der Waals surface area contributed by atoms with Gasteiger partial charge >= 0.3 is 6.09 Å². The second-order valence-corrected chi connectivity index (χ2v) is 8.48. The summed E-state index contributed by atoms with van der Waals surface area (Å²) in [5.74, 6) is -0.953. The van der Waals surface area contributed by atoms with E-state index in [9.17, 15) is 13.6 Å². The number of halogens is 2. The highest BCUT2D eigenvalue weighted by Crippen LogP contribution is 2.28. The van der Waals surface area contributed by atoms with Gasteiger partial charge in [-0.05, 0) is 26.8 Å². The van der Waals surface area contributed by atoms with Crippen molar-refractivity contribution in [1.82, 2.24) is 4.90 Å². The van der Waals surface area contributed by atoms with E-state index in [0.29, 0.717) is 51.9 Å². The van der Waals surface area contributed by atoms with Crippen LogP contribution in [0.25, 0.3) is 0 Å². The molecule has 31 heavy (non-hydrogen) atoms. The quantitative estimate of drug-likeness (QED) is 0.704. The molecule has 1 aromatic rings. The summed E-state index contributed by atoms with van der Waals surface area (Å²) >= 11 is 0. The summed E-state index contributed by atoms with van der Waals surface area (Å²) in [6.07, 6.45) is 2.19. The van der Waals surface area contributed by atoms with Crippen LogP contribution in [0, 0.1) is 11.6 Å². The summed E-state index contributed by atoms with van der Waals surface area (Å²) in [6, 6.07) is 1.85. The Kier molecular flexibility index (Phi) is 7.69. The molecule has 9 heteroatoms. The molecule has 2 fully saturated rings. The number of piperidine rings is 2. The topological polar surface area (TPSA) is 80.4 Å². The molecule has 2 heterocycles. The Bertz CT molecular complexity index is 798. The van der Waals surface area contributed by atoms with Gasteiger partial charge in [0.15, 0.2) is 0 Å². The lowest BCUT2D eigenvalue weighted by Crippen LogP contribution is -2.41. The molecule has 172 valence electrons. The molecule has 0 spiro atoms. The number of carbonyl (C=O) groups is 1. The molecule has 0 aliphatic carbocycles. The van der Waals surface area contributed by atoms with E-state index in [1.807, 2.05) is 18.7 Å². The fourth-order valence-corrected chi connectivity index (χ4v) is 3.81. The predicted octanol–water partition coefficient (Wildman–Crippen LogP) is 3.97. The maximum absolute atomic E-state index is 14.5. The van der Waals surface area contributed by atoms with Gasteiger partial charge in [-0.15, -0.1) is 0 Å². The van der Waals surface area contributed by atoms with Crippen molar-refractivity contribution in [2.45, 2.75) is 64.7 Å². The van der Waals surface area contributed by atoms with Crippen molar-refractivity contribution in [3.63, 3.8) is 0 Å². The van der Waals surface area contributed by atoms with E-state index >= 15 is 0 Å². The van der Waals surface area contributed by atoms with Crippen molar-refractivity contribution < 1.29 is 23.1 Å². The molecule has 0 bridgehead atoms. The van der Waals surface area contributed by atoms with Crippen molar-refractivity contribution in [1.29, 1.82) is 0 Å². The lowest BCUT2D eigenvalue weighted by atomic mass is 10.0. The van der Waals surface area contributed by atoms with Crippen molar-refractivity contribution in [2.75, 3.05) is 31.1 Å². The lowest BCUT2D eigenvalue weighted by molar-refractivity contribution is 0.00415. The van der Waals surface area contributed by atoms with Gasteiger partial charge in [0.2, 0.25) is 0 Å². The normalized spacial score (nSPS) is 18.9. The van der Waals surface area contributed by atoms with Crippen LogP contribution in [-0.2, 0) is 9.57 Å². The Labute approximate surface area is 182 Å². The number of rotatable bonds is 5. The van der Waals surface area contributed by atoms with Crippen LogP contribution in [0.2, 0.25) is 0 Å². The second kappa shape index (κ2) is 10.3. The summed E-state index contributed by atoms with van der Waals surface area (Å²) < 4.78 is 33.9. The van der Waals surface area contributed by atoms with Gasteiger partial charge in [-0.2, -0.15) is 0 Å². The van der Waals surface area contributed by atoms with Crippen molar-refractivity contribution in [3.8, 4) is 0 Å². The summed E-state index contributed by atoms with van der Waals surface area (Å²) in [4.78, 5) is 21.2. The number of hydrogen-bond donors (Lipinski definition) is 1. The van der Waals surface area contributed by atoms with Gasteiger partial charge in [-0.25, -0.2) is 13.6 Å². The van der Waals surface area contributed by atoms with Crippen molar-refractivity contribution >= 4 is 17.5 Å². The Hall–Kier alpha value is -2.42. The van der Waals surface area contributed by atoms with Gasteiger partial charge in [0.05, 0.1) is 17.5 Å². The van der Waals surface area contributed by atoms with E-state index in [-0.39, 0.29) is 29.6 Å². The highest BCUT2D eigenvalue weighted by molar-refractivity contribution is 5.86. The number of hydrogen-bond acceptors (Lipinski definition) is 6. The zero-order valence-corrected chi connectivity index (χ0v) is 18.4. The Balaban J connectivity index is 1.47. The molecule has 1 amide bonds. The zero-order chi connectivity index (χ0) is 22.5. The molecule has 2 aliphatic heterocycles. The first-order valence-corrected chi connectivity index (χ1v) is 10.9. The van der Waals surface area contributed by atoms with Crippen LogP contribution < -0.4 is 10.6 Å². The Morgan fingerprint density at radius 2 is 1.74 bits per heavy atom. The predicted molar refractivity (Wildman–Crippen MR) is 115 cm³/mol. The molecule has 0 saturated carbocycles. The van der Waals surface area contributed by atoms with Crippen LogP contribution in [0.4, 0.5) is 19.3 Å². The average Bonchev–Trinajstić information content (AvgIpc) is 2.73. The fourth-order valence-electron chi connectivity index (χ4n) is 3.81. The molecule has 2 N–H and O–H groups in total. The van der Waals surface area contributed by atoms with Crippen LogP contribution in [0.15, 0.2) is 17.3 Å². The van der Waals surface area contributed by atoms with Crippen LogP contribution in [-0.4, -0.2) is 55.1 Å². The SMILES string of the molecule is CC(C)OC(=O)N1CCC(ON=C2CCN(c3cc(F)c([C@@H](C)N)cc3F)CC2)CC1. The standard InChI is InChI=1S/C22H32F2N4O3/c1-14(2)30-22(29)28-10-6-17(7-11-28)31-26-16-4-8-27(9-5-16)21-13-19(23)18(15(3)25)12-20(21)24/h12-15,17H,4-11,25H2,1-3H3/t15-/m1/s1. The average molecular weight is 439 g/mol. The molecule has 2 saturated heterocycles. The van der Waals surface area contributed by atoms with Gasteiger partial charge < -0.3 is 25.1 Å². The van der Waals surface area contributed by atoms with Crippen LogP contribution >= 0.6 is 0 Å². The highest BCUT2D eigenvalue weighted by Gasteiger charge is 2.26. The van der Waals surface area contributed by atoms with E-state index in [4.69, 9.17) is 15.3 Å². The van der Waals surface area contributed by atoms with Gasteiger partial charge in [0.25, 0.3) is 0 Å². The van der Waals surface area contributed by atoms with E-state index in [1.54, 1.807) is 11.8 Å². The third kappa shape index (κ3) is 6.06. The number of anilines is 1. The van der Waals surface area contributed by atoms with Gasteiger partial charge in [0.1, 0.15) is 17.7 Å². The molecular formula is C22H32F2N4O3. The molecule has 1 atom stereocenters. The minimum absolute atomic E-state index is 0.0361. The molecule has 0 aromatic heterocycles. The van der Waals surface area contributed by atoms with E-state index in [2.05, 4.69) is 5.16 Å². The maximum atomic E-state index is 14.5. The van der Waals surface area contributed by atoms with Gasteiger partial charge in [-0.3, -0.25) is 0 Å². The van der Waals surface area contributed by atoms with Crippen LogP contribution in [0.3, 0.4) is 0 Å². The number of benzene rings is 1. The fraction of sp³-hybridized carbons (Fsp3) is 0.636. The molecule has 2 aliphatic rings. The molecule has 3 rings (SSSR count). The van der Waals surface area contributed by atoms with E-state index in [1.165, 1.54) is 12.1 Å². The lowest BCUT2D eigenvalue weighted by Gasteiger charge is -2.32. The molecule has 1 aromatic carbocycles. The molecule has 0 radical (unpaired) electrons. The summed E-state index contributed by atoms with van der Waals surface area (Å²) in [6.45, 7) is 7.52.